The zero-order valence-electron chi connectivity index (χ0n) is 22.2. The number of carbonyl (C=O) groups excluding carboxylic acids is 3. The van der Waals surface area contributed by atoms with Crippen LogP contribution >= 0.6 is 0 Å². The summed E-state index contributed by atoms with van der Waals surface area (Å²) in [4.78, 5) is 41.0. The molecule has 2 unspecified atom stereocenters. The van der Waals surface area contributed by atoms with Gasteiger partial charge in [-0.3, -0.25) is 9.59 Å². The largest absolute Gasteiger partial charge is 0.444 e. The van der Waals surface area contributed by atoms with Gasteiger partial charge in [0, 0.05) is 12.1 Å². The molecule has 3 N–H and O–H groups in total. The van der Waals surface area contributed by atoms with Crippen LogP contribution in [0, 0.1) is 13.8 Å². The monoisotopic (exact) mass is 477 g/mol. The molecule has 192 valence electrons. The summed E-state index contributed by atoms with van der Waals surface area (Å²) >= 11 is 0. The number of rotatable bonds is 9. The third-order valence-electron chi connectivity index (χ3n) is 4.99. The van der Waals surface area contributed by atoms with E-state index in [4.69, 9.17) is 4.74 Å². The van der Waals surface area contributed by atoms with Gasteiger partial charge in [-0.2, -0.15) is 0 Å². The summed E-state index contributed by atoms with van der Waals surface area (Å²) in [6.07, 6.45) is 0.645. The van der Waals surface area contributed by atoms with Crippen LogP contribution in [0.4, 0.5) is 4.79 Å². The smallest absolute Gasteiger partial charge is 0.408 e. The van der Waals surface area contributed by atoms with Crippen LogP contribution in [-0.4, -0.2) is 58.2 Å². The lowest BCUT2D eigenvalue weighted by Crippen LogP contribution is -2.56. The number of aryl methyl sites for hydroxylation is 2. The molecule has 0 radical (unpaired) electrons. The molecule has 0 saturated heterocycles. The van der Waals surface area contributed by atoms with Crippen LogP contribution < -0.4 is 10.6 Å². The van der Waals surface area contributed by atoms with Gasteiger partial charge in [0.05, 0.1) is 6.61 Å². The molecule has 2 atom stereocenters. The van der Waals surface area contributed by atoms with E-state index in [-0.39, 0.29) is 12.5 Å². The van der Waals surface area contributed by atoms with Gasteiger partial charge in [0.15, 0.2) is 0 Å². The lowest BCUT2D eigenvalue weighted by Gasteiger charge is -2.36. The summed E-state index contributed by atoms with van der Waals surface area (Å²) in [6.45, 7) is 16.3. The third-order valence-corrected chi connectivity index (χ3v) is 4.99. The van der Waals surface area contributed by atoms with E-state index >= 15 is 0 Å². The number of nitrogens with zero attached hydrogens (tertiary/aromatic N) is 1. The van der Waals surface area contributed by atoms with Gasteiger partial charge in [0.2, 0.25) is 11.8 Å². The zero-order valence-corrected chi connectivity index (χ0v) is 22.2. The van der Waals surface area contributed by atoms with Crippen LogP contribution in [0.5, 0.6) is 0 Å². The van der Waals surface area contributed by atoms with E-state index in [1.54, 1.807) is 20.8 Å². The van der Waals surface area contributed by atoms with Gasteiger partial charge in [-0.1, -0.05) is 37.1 Å². The molecule has 0 aliphatic heterocycles. The number of amides is 3. The van der Waals surface area contributed by atoms with Crippen LogP contribution in [0.1, 0.15) is 84.0 Å². The molecule has 0 bridgehead atoms. The van der Waals surface area contributed by atoms with Crippen molar-refractivity contribution in [3.05, 3.63) is 34.9 Å². The molecule has 0 saturated carbocycles. The van der Waals surface area contributed by atoms with E-state index in [2.05, 4.69) is 10.6 Å². The SMILES string of the molecule is CCCCN(C(=O)C(CO)NC(=O)OC(C)(C)C)C(C(=O)NC(C)(C)C)c1cc(C)ccc1C. The molecule has 0 aliphatic carbocycles. The van der Waals surface area contributed by atoms with Gasteiger partial charge >= 0.3 is 6.09 Å². The van der Waals surface area contributed by atoms with Crippen LogP contribution in [0.2, 0.25) is 0 Å². The van der Waals surface area contributed by atoms with Crippen molar-refractivity contribution in [3.8, 4) is 0 Å². The van der Waals surface area contributed by atoms with Gasteiger partial charge in [0.1, 0.15) is 17.7 Å². The second-order valence-corrected chi connectivity index (χ2v) is 10.8. The molecule has 0 spiro atoms. The number of ether oxygens (including phenoxy) is 1. The molecule has 3 amide bonds. The van der Waals surface area contributed by atoms with Gasteiger partial charge in [0.25, 0.3) is 0 Å². The summed E-state index contributed by atoms with van der Waals surface area (Å²) in [5.41, 5.74) is 1.26. The number of aliphatic hydroxyl groups excluding tert-OH is 1. The Balaban J connectivity index is 3.49. The number of benzene rings is 1. The van der Waals surface area contributed by atoms with Crippen LogP contribution in [-0.2, 0) is 14.3 Å². The number of hydrogen-bond donors (Lipinski definition) is 3. The van der Waals surface area contributed by atoms with E-state index < -0.39 is 41.8 Å². The first-order valence-electron chi connectivity index (χ1n) is 11.9. The van der Waals surface area contributed by atoms with E-state index in [0.717, 1.165) is 17.5 Å². The van der Waals surface area contributed by atoms with Crippen molar-refractivity contribution in [2.75, 3.05) is 13.2 Å². The van der Waals surface area contributed by atoms with Crippen molar-refractivity contribution in [1.29, 1.82) is 0 Å². The first-order chi connectivity index (χ1) is 15.6. The van der Waals surface area contributed by atoms with E-state index in [0.29, 0.717) is 12.0 Å². The molecule has 1 aromatic carbocycles. The second-order valence-electron chi connectivity index (χ2n) is 10.8. The van der Waals surface area contributed by atoms with E-state index in [1.807, 2.05) is 59.7 Å². The number of hydrogen-bond acceptors (Lipinski definition) is 5. The Bertz CT molecular complexity index is 855. The molecular formula is C26H43N3O5. The standard InChI is InChI=1S/C26H43N3O5/c1-10-11-14-29(23(32)20(16-30)27-24(33)34-26(7,8)9)21(22(31)28-25(4,5)6)19-15-17(2)12-13-18(19)3/h12-13,15,20-21,30H,10-11,14,16H2,1-9H3,(H,27,33)(H,28,31). The Labute approximate surface area is 204 Å². The summed E-state index contributed by atoms with van der Waals surface area (Å²) in [5.74, 6) is -0.864. The Hall–Kier alpha value is -2.61. The number of alkyl carbamates (subject to hydrolysis) is 1. The van der Waals surface area contributed by atoms with Gasteiger partial charge in [-0.15, -0.1) is 0 Å². The fourth-order valence-electron chi connectivity index (χ4n) is 3.47. The normalized spacial score (nSPS) is 13.6. The average molecular weight is 478 g/mol. The molecule has 0 aliphatic rings. The highest BCUT2D eigenvalue weighted by Gasteiger charge is 2.37. The third kappa shape index (κ3) is 9.33. The minimum Gasteiger partial charge on any atom is -0.444 e. The highest BCUT2D eigenvalue weighted by molar-refractivity contribution is 5.92. The van der Waals surface area contributed by atoms with Gasteiger partial charge in [-0.25, -0.2) is 4.79 Å². The number of aliphatic hydroxyl groups is 1. The first kappa shape index (κ1) is 29.4. The lowest BCUT2D eigenvalue weighted by atomic mass is 9.95. The van der Waals surface area contributed by atoms with Crippen LogP contribution in [0.25, 0.3) is 0 Å². The fraction of sp³-hybridized carbons (Fsp3) is 0.654. The minimum atomic E-state index is -1.25. The molecule has 0 heterocycles. The summed E-state index contributed by atoms with van der Waals surface area (Å²) < 4.78 is 5.26. The van der Waals surface area contributed by atoms with E-state index in [1.165, 1.54) is 4.90 Å². The van der Waals surface area contributed by atoms with Crippen molar-refractivity contribution in [2.45, 2.75) is 98.4 Å². The van der Waals surface area contributed by atoms with Crippen LogP contribution in [0.3, 0.4) is 0 Å². The Morgan fingerprint density at radius 2 is 1.71 bits per heavy atom. The van der Waals surface area contributed by atoms with Crippen molar-refractivity contribution >= 4 is 17.9 Å². The fourth-order valence-corrected chi connectivity index (χ4v) is 3.47. The minimum absolute atomic E-state index is 0.289. The highest BCUT2D eigenvalue weighted by atomic mass is 16.6. The van der Waals surface area contributed by atoms with E-state index in [9.17, 15) is 19.5 Å². The Morgan fingerprint density at radius 3 is 2.21 bits per heavy atom. The average Bonchev–Trinajstić information content (AvgIpc) is 2.68. The number of nitrogens with one attached hydrogen (secondary N) is 2. The van der Waals surface area contributed by atoms with Gasteiger partial charge in [-0.05, 0) is 72.9 Å². The molecule has 1 aromatic rings. The maximum atomic E-state index is 13.7. The van der Waals surface area contributed by atoms with Crippen molar-refractivity contribution in [2.24, 2.45) is 0 Å². The molecule has 0 aromatic heterocycles. The topological polar surface area (TPSA) is 108 Å². The number of unbranched alkanes of at least 4 members (excludes halogenated alkanes) is 1. The Kier molecular flexibility index (Phi) is 10.6. The highest BCUT2D eigenvalue weighted by Crippen LogP contribution is 2.28. The molecule has 8 nitrogen and oxygen atoms in total. The lowest BCUT2D eigenvalue weighted by molar-refractivity contribution is -0.144. The first-order valence-corrected chi connectivity index (χ1v) is 11.9. The predicted molar refractivity (Wildman–Crippen MR) is 133 cm³/mol. The quantitative estimate of drug-likeness (QED) is 0.502. The summed E-state index contributed by atoms with van der Waals surface area (Å²) in [6, 6.07) is 3.61. The molecule has 34 heavy (non-hydrogen) atoms. The van der Waals surface area contributed by atoms with Gasteiger partial charge < -0.3 is 25.4 Å². The molecule has 8 heteroatoms. The second kappa shape index (κ2) is 12.2. The van der Waals surface area contributed by atoms with Crippen molar-refractivity contribution in [3.63, 3.8) is 0 Å². The zero-order chi connectivity index (χ0) is 26.3. The van der Waals surface area contributed by atoms with Crippen molar-refractivity contribution < 1.29 is 24.2 Å². The predicted octanol–water partition coefficient (Wildman–Crippen LogP) is 3.77. The molecular weight excluding hydrogens is 434 g/mol. The molecule has 0 fully saturated rings. The summed E-state index contributed by atoms with van der Waals surface area (Å²) in [7, 11) is 0. The maximum absolute atomic E-state index is 13.7. The van der Waals surface area contributed by atoms with Crippen LogP contribution in [0.15, 0.2) is 18.2 Å². The Morgan fingerprint density at radius 1 is 1.09 bits per heavy atom. The number of carbonyl (C=O) groups is 3. The van der Waals surface area contributed by atoms with Crippen molar-refractivity contribution in [1.82, 2.24) is 15.5 Å². The maximum Gasteiger partial charge on any atom is 0.408 e. The summed E-state index contributed by atoms with van der Waals surface area (Å²) in [5, 5.41) is 15.4. The molecule has 1 rings (SSSR count).